The summed E-state index contributed by atoms with van der Waals surface area (Å²) in [5.41, 5.74) is 5.19. The molecule has 2 atom stereocenters. The zero-order valence-electron chi connectivity index (χ0n) is 8.16. The number of aliphatic hydroxyl groups is 1. The highest BCUT2D eigenvalue weighted by Gasteiger charge is 2.36. The Morgan fingerprint density at radius 3 is 3.08 bits per heavy atom. The van der Waals surface area contributed by atoms with E-state index < -0.39 is 5.60 Å². The van der Waals surface area contributed by atoms with Crippen molar-refractivity contribution in [3.8, 4) is 0 Å². The fourth-order valence-electron chi connectivity index (χ4n) is 1.50. The van der Waals surface area contributed by atoms with E-state index >= 15 is 0 Å². The van der Waals surface area contributed by atoms with Gasteiger partial charge >= 0.3 is 0 Å². The van der Waals surface area contributed by atoms with E-state index in [2.05, 4.69) is 0 Å². The van der Waals surface area contributed by atoms with E-state index in [1.54, 1.807) is 0 Å². The van der Waals surface area contributed by atoms with Crippen molar-refractivity contribution in [2.24, 2.45) is 5.73 Å². The first-order valence-electron chi connectivity index (χ1n) is 4.82. The van der Waals surface area contributed by atoms with Crippen LogP contribution in [0.1, 0.15) is 19.8 Å². The summed E-state index contributed by atoms with van der Waals surface area (Å²) in [6.45, 7) is 3.28. The molecule has 2 unspecified atom stereocenters. The maximum Gasteiger partial charge on any atom is 0.0835 e. The van der Waals surface area contributed by atoms with Crippen molar-refractivity contribution in [2.75, 3.05) is 24.7 Å². The third kappa shape index (κ3) is 3.13. The Morgan fingerprint density at radius 2 is 2.46 bits per heavy atom. The molecule has 0 aliphatic carbocycles. The molecular weight excluding hydrogens is 186 g/mol. The highest BCUT2D eigenvalue weighted by molar-refractivity contribution is 7.99. The van der Waals surface area contributed by atoms with Gasteiger partial charge in [0, 0.05) is 31.4 Å². The van der Waals surface area contributed by atoms with Crippen LogP contribution in [-0.4, -0.2) is 41.5 Å². The van der Waals surface area contributed by atoms with Crippen molar-refractivity contribution < 1.29 is 9.84 Å². The summed E-state index contributed by atoms with van der Waals surface area (Å²) in [7, 11) is 0. The van der Waals surface area contributed by atoms with Gasteiger partial charge in [-0.05, 0) is 19.1 Å². The number of thioether (sulfide) groups is 1. The molecule has 1 rings (SSSR count). The summed E-state index contributed by atoms with van der Waals surface area (Å²) in [6, 6.07) is -0.0910. The Bertz CT molecular complexity index is 157. The van der Waals surface area contributed by atoms with E-state index in [-0.39, 0.29) is 6.04 Å². The van der Waals surface area contributed by atoms with Gasteiger partial charge in [0.25, 0.3) is 0 Å². The molecule has 0 aromatic rings. The summed E-state index contributed by atoms with van der Waals surface area (Å²) < 4.78 is 5.23. The highest BCUT2D eigenvalue weighted by atomic mass is 32.2. The van der Waals surface area contributed by atoms with Crippen LogP contribution in [0.25, 0.3) is 0 Å². The maximum atomic E-state index is 10.1. The number of hydrogen-bond acceptors (Lipinski definition) is 4. The van der Waals surface area contributed by atoms with E-state index in [0.717, 1.165) is 17.9 Å². The second kappa shape index (κ2) is 5.20. The molecule has 1 fully saturated rings. The molecule has 0 radical (unpaired) electrons. The molecule has 0 aromatic heterocycles. The van der Waals surface area contributed by atoms with Crippen LogP contribution in [0.3, 0.4) is 0 Å². The quantitative estimate of drug-likeness (QED) is 0.660. The zero-order valence-corrected chi connectivity index (χ0v) is 8.98. The molecule has 1 aliphatic heterocycles. The van der Waals surface area contributed by atoms with E-state index in [1.165, 1.54) is 0 Å². The van der Waals surface area contributed by atoms with Gasteiger partial charge in [0.1, 0.15) is 0 Å². The van der Waals surface area contributed by atoms with Crippen LogP contribution < -0.4 is 5.73 Å². The van der Waals surface area contributed by atoms with Gasteiger partial charge in [-0.15, -0.1) is 0 Å². The minimum absolute atomic E-state index is 0.0910. The van der Waals surface area contributed by atoms with Gasteiger partial charge < -0.3 is 15.6 Å². The summed E-state index contributed by atoms with van der Waals surface area (Å²) >= 11 is 1.82. The van der Waals surface area contributed by atoms with E-state index in [1.807, 2.05) is 18.7 Å². The molecule has 1 heterocycles. The normalized spacial score (nSPS) is 34.8. The number of hydrogen-bond donors (Lipinski definition) is 2. The lowest BCUT2D eigenvalue weighted by atomic mass is 9.89. The fraction of sp³-hybridized carbons (Fsp3) is 1.00. The molecule has 0 amide bonds. The van der Waals surface area contributed by atoms with Crippen molar-refractivity contribution in [1.29, 1.82) is 0 Å². The third-order valence-corrected chi connectivity index (χ3v) is 3.64. The van der Waals surface area contributed by atoms with Crippen LogP contribution in [-0.2, 0) is 4.74 Å². The van der Waals surface area contributed by atoms with Crippen LogP contribution in [0.4, 0.5) is 0 Å². The lowest BCUT2D eigenvalue weighted by Gasteiger charge is -2.37. The Kier molecular flexibility index (Phi) is 4.52. The third-order valence-electron chi connectivity index (χ3n) is 2.55. The molecule has 3 N–H and O–H groups in total. The van der Waals surface area contributed by atoms with Gasteiger partial charge in [-0.1, -0.05) is 0 Å². The monoisotopic (exact) mass is 205 g/mol. The molecule has 0 spiro atoms. The van der Waals surface area contributed by atoms with Crippen LogP contribution >= 0.6 is 11.8 Å². The van der Waals surface area contributed by atoms with Gasteiger partial charge in [-0.25, -0.2) is 0 Å². The summed E-state index contributed by atoms with van der Waals surface area (Å²) in [4.78, 5) is 0. The molecule has 1 aliphatic rings. The molecular formula is C9H19NO2S. The first-order chi connectivity index (χ1) is 6.19. The Hall–Kier alpha value is 0.230. The fourth-order valence-corrected chi connectivity index (χ4v) is 2.73. The van der Waals surface area contributed by atoms with Crippen molar-refractivity contribution in [1.82, 2.24) is 0 Å². The topological polar surface area (TPSA) is 55.5 Å². The van der Waals surface area contributed by atoms with Crippen molar-refractivity contribution in [2.45, 2.75) is 31.4 Å². The Balaban J connectivity index is 2.33. The molecule has 13 heavy (non-hydrogen) atoms. The lowest BCUT2D eigenvalue weighted by molar-refractivity contribution is -0.0175. The smallest absolute Gasteiger partial charge is 0.0835 e. The zero-order chi connectivity index (χ0) is 9.73. The van der Waals surface area contributed by atoms with Crippen molar-refractivity contribution in [3.63, 3.8) is 0 Å². The maximum absolute atomic E-state index is 10.1. The van der Waals surface area contributed by atoms with Gasteiger partial charge in [0.05, 0.1) is 5.60 Å². The summed E-state index contributed by atoms with van der Waals surface area (Å²) in [6.07, 6.45) is 1.47. The molecule has 0 saturated carbocycles. The molecule has 0 bridgehead atoms. The van der Waals surface area contributed by atoms with Crippen LogP contribution in [0, 0.1) is 0 Å². The predicted octanol–water partition coefficient (Wildman–Crippen LogP) is 0.608. The van der Waals surface area contributed by atoms with E-state index in [4.69, 9.17) is 10.5 Å². The average Bonchev–Trinajstić information content (AvgIpc) is 2.11. The van der Waals surface area contributed by atoms with Gasteiger partial charge in [-0.3, -0.25) is 0 Å². The number of nitrogens with two attached hydrogens (primary N) is 1. The molecule has 78 valence electrons. The van der Waals surface area contributed by atoms with Crippen molar-refractivity contribution >= 4 is 11.8 Å². The van der Waals surface area contributed by atoms with E-state index in [0.29, 0.717) is 19.6 Å². The van der Waals surface area contributed by atoms with Crippen LogP contribution in [0.15, 0.2) is 0 Å². The predicted molar refractivity (Wildman–Crippen MR) is 56.0 cm³/mol. The molecule has 3 nitrogen and oxygen atoms in total. The Labute approximate surface area is 84.0 Å². The number of ether oxygens (including phenoxy) is 1. The summed E-state index contributed by atoms with van der Waals surface area (Å²) in [5, 5.41) is 10.1. The SMILES string of the molecule is CCOCCC1(O)CCSCC1N. The standard InChI is InChI=1S/C9H19NO2S/c1-2-12-5-3-9(11)4-6-13-7-8(9)10/h8,11H,2-7,10H2,1H3. The first kappa shape index (κ1) is 11.3. The van der Waals surface area contributed by atoms with Gasteiger partial charge in [-0.2, -0.15) is 11.8 Å². The average molecular weight is 205 g/mol. The van der Waals surface area contributed by atoms with Crippen molar-refractivity contribution in [3.05, 3.63) is 0 Å². The minimum Gasteiger partial charge on any atom is -0.388 e. The van der Waals surface area contributed by atoms with E-state index in [9.17, 15) is 5.11 Å². The largest absolute Gasteiger partial charge is 0.388 e. The highest BCUT2D eigenvalue weighted by Crippen LogP contribution is 2.28. The van der Waals surface area contributed by atoms with Gasteiger partial charge in [0.15, 0.2) is 0 Å². The minimum atomic E-state index is -0.680. The van der Waals surface area contributed by atoms with Crippen LogP contribution in [0.2, 0.25) is 0 Å². The first-order valence-corrected chi connectivity index (χ1v) is 5.98. The van der Waals surface area contributed by atoms with Crippen LogP contribution in [0.5, 0.6) is 0 Å². The summed E-state index contributed by atoms with van der Waals surface area (Å²) in [5.74, 6) is 1.87. The lowest BCUT2D eigenvalue weighted by Crippen LogP contribution is -2.53. The Morgan fingerprint density at radius 1 is 1.69 bits per heavy atom. The molecule has 0 aromatic carbocycles. The van der Waals surface area contributed by atoms with Gasteiger partial charge in [0.2, 0.25) is 0 Å². The number of rotatable bonds is 4. The second-order valence-electron chi connectivity index (χ2n) is 3.48. The second-order valence-corrected chi connectivity index (χ2v) is 4.63. The molecule has 4 heteroatoms. The molecule has 1 saturated heterocycles.